The molecule has 52 heavy (non-hydrogen) atoms. The maximum absolute atomic E-state index is 14.0. The van der Waals surface area contributed by atoms with Gasteiger partial charge in [-0.15, -0.1) is 0 Å². The van der Waals surface area contributed by atoms with Crippen molar-refractivity contribution in [3.63, 3.8) is 0 Å². The number of aliphatic hydroxyl groups is 1. The van der Waals surface area contributed by atoms with E-state index in [-0.39, 0.29) is 61.8 Å². The summed E-state index contributed by atoms with van der Waals surface area (Å²) in [5, 5.41) is 13.4. The zero-order chi connectivity index (χ0) is 38.3. The summed E-state index contributed by atoms with van der Waals surface area (Å²) < 4.78 is 0. The van der Waals surface area contributed by atoms with E-state index in [4.69, 9.17) is 11.5 Å². The summed E-state index contributed by atoms with van der Waals surface area (Å²) in [6.07, 6.45) is 19.1. The van der Waals surface area contributed by atoms with Crippen LogP contribution in [0.2, 0.25) is 0 Å². The van der Waals surface area contributed by atoms with Crippen molar-refractivity contribution in [2.45, 2.75) is 189 Å². The molecule has 0 saturated heterocycles. The van der Waals surface area contributed by atoms with Gasteiger partial charge in [0.05, 0.1) is 5.76 Å². The Morgan fingerprint density at radius 2 is 1.48 bits per heavy atom. The van der Waals surface area contributed by atoms with Crippen molar-refractivity contribution in [1.82, 2.24) is 5.32 Å². The average Bonchev–Trinajstić information content (AvgIpc) is 3.41. The van der Waals surface area contributed by atoms with Crippen molar-refractivity contribution in [1.29, 1.82) is 0 Å². The lowest BCUT2D eigenvalue weighted by Gasteiger charge is -2.76. The van der Waals surface area contributed by atoms with E-state index in [1.807, 2.05) is 0 Å². The van der Waals surface area contributed by atoms with Gasteiger partial charge in [0.1, 0.15) is 0 Å². The van der Waals surface area contributed by atoms with Crippen LogP contribution in [0, 0.1) is 62.1 Å². The summed E-state index contributed by atoms with van der Waals surface area (Å²) in [5.41, 5.74) is 17.3. The van der Waals surface area contributed by atoms with E-state index in [0.29, 0.717) is 42.4 Å². The maximum atomic E-state index is 14.0. The van der Waals surface area contributed by atoms with Crippen LogP contribution in [0.4, 0.5) is 0 Å². The molecule has 5 nitrogen and oxygen atoms in total. The van der Waals surface area contributed by atoms with Crippen LogP contribution in [0.5, 0.6) is 0 Å². The zero-order valence-electron chi connectivity index (χ0n) is 34.9. The fourth-order valence-corrected chi connectivity index (χ4v) is 15.8. The van der Waals surface area contributed by atoms with Crippen molar-refractivity contribution in [3.8, 4) is 0 Å². The van der Waals surface area contributed by atoms with E-state index in [1.165, 1.54) is 43.3 Å². The molecule has 0 radical (unpaired) electrons. The van der Waals surface area contributed by atoms with Crippen molar-refractivity contribution >= 4 is 5.91 Å². The molecular weight excluding hydrogens is 639 g/mol. The molecule has 0 bridgehead atoms. The number of carbonyl (C=O) groups excluding carboxylic acids is 1. The zero-order valence-corrected chi connectivity index (χ0v) is 34.9. The smallest absolute Gasteiger partial charge is 0.220 e. The van der Waals surface area contributed by atoms with Crippen molar-refractivity contribution < 1.29 is 9.90 Å². The van der Waals surface area contributed by atoms with Crippen LogP contribution in [0.15, 0.2) is 36.6 Å². The van der Waals surface area contributed by atoms with Gasteiger partial charge in [-0.25, -0.2) is 0 Å². The number of aliphatic hydroxyl groups excluding tert-OH is 1. The Morgan fingerprint density at radius 1 is 0.827 bits per heavy atom. The minimum atomic E-state index is -0.311. The van der Waals surface area contributed by atoms with Crippen LogP contribution in [0.1, 0.15) is 171 Å². The number of fused-ring (bicyclic) bond motifs is 7. The Kier molecular flexibility index (Phi) is 10.5. The van der Waals surface area contributed by atoms with E-state index >= 15 is 0 Å². The lowest BCUT2D eigenvalue weighted by molar-refractivity contribution is -0.250. The van der Waals surface area contributed by atoms with Gasteiger partial charge in [0.25, 0.3) is 0 Å². The third-order valence-corrected chi connectivity index (χ3v) is 18.4. The number of nitrogens with one attached hydrogen (secondary N) is 1. The van der Waals surface area contributed by atoms with Crippen molar-refractivity contribution in [3.05, 3.63) is 36.6 Å². The highest BCUT2D eigenvalue weighted by Crippen LogP contribution is 2.78. The number of hydrogen-bond acceptors (Lipinski definition) is 4. The Bertz CT molecular complexity index is 1420. The monoisotopic (exact) mass is 718 g/mol. The number of nitrogens with two attached hydrogens (primary N) is 2. The van der Waals surface area contributed by atoms with Crippen LogP contribution >= 0.6 is 0 Å². The number of rotatable bonds is 10. The van der Waals surface area contributed by atoms with Crippen LogP contribution in [0.25, 0.3) is 0 Å². The summed E-state index contributed by atoms with van der Waals surface area (Å²) in [7, 11) is 0. The van der Waals surface area contributed by atoms with E-state index in [1.54, 1.807) is 0 Å². The molecule has 294 valence electrons. The maximum Gasteiger partial charge on any atom is 0.220 e. The number of carbonyl (C=O) groups is 1. The van der Waals surface area contributed by atoms with E-state index in [2.05, 4.69) is 80.4 Å². The first-order valence-corrected chi connectivity index (χ1v) is 21.6. The van der Waals surface area contributed by atoms with Gasteiger partial charge in [-0.05, 0) is 172 Å². The average molecular weight is 718 g/mol. The highest BCUT2D eigenvalue weighted by molar-refractivity contribution is 5.77. The Morgan fingerprint density at radius 3 is 2.12 bits per heavy atom. The van der Waals surface area contributed by atoms with Gasteiger partial charge >= 0.3 is 0 Å². The van der Waals surface area contributed by atoms with Crippen LogP contribution < -0.4 is 16.8 Å². The van der Waals surface area contributed by atoms with Crippen LogP contribution in [0.3, 0.4) is 0 Å². The van der Waals surface area contributed by atoms with E-state index in [9.17, 15) is 9.90 Å². The largest absolute Gasteiger partial charge is 0.513 e. The molecule has 0 aromatic carbocycles. The number of amides is 1. The normalized spacial score (nSPS) is 45.5. The molecule has 0 heterocycles. The highest BCUT2D eigenvalue weighted by Gasteiger charge is 2.75. The van der Waals surface area contributed by atoms with Crippen LogP contribution in [-0.2, 0) is 4.79 Å². The molecule has 6 fully saturated rings. The first-order valence-electron chi connectivity index (χ1n) is 21.6. The van der Waals surface area contributed by atoms with Crippen molar-refractivity contribution in [2.24, 2.45) is 73.5 Å². The Balaban J connectivity index is 1.24. The van der Waals surface area contributed by atoms with Gasteiger partial charge in [-0.2, -0.15) is 0 Å². The lowest BCUT2D eigenvalue weighted by atomic mass is 9.30. The van der Waals surface area contributed by atoms with Crippen LogP contribution in [-0.4, -0.2) is 28.6 Å². The summed E-state index contributed by atoms with van der Waals surface area (Å²) in [6, 6.07) is 0.551. The summed E-state index contributed by atoms with van der Waals surface area (Å²) in [4.78, 5) is 14.0. The first-order chi connectivity index (χ1) is 24.0. The predicted octanol–water partition coefficient (Wildman–Crippen LogP) is 10.9. The quantitative estimate of drug-likeness (QED) is 0.133. The molecule has 6 rings (SSSR count). The topological polar surface area (TPSA) is 101 Å². The molecule has 6 saturated carbocycles. The Labute approximate surface area is 319 Å². The fraction of sp³-hybridized carbons (Fsp3) is 0.851. The molecule has 4 unspecified atom stereocenters. The molecule has 5 heteroatoms. The standard InChI is InChI=1S/C47H79N3O2/c1-30(2)36-17-22-46(29-39(52)50-35-14-12-34(48)13-15-35)25-24-45(11)44(10)21-18-37-42(7,8)33(26-31(3)27-41(5,6)28-32(4)51)16-20-43(37,9)38(44)19-23-47(45,49)40(36)46/h33-38,40,51H,1,3-4,12-29,48-49H2,2,5-11H3,(H,50,52)/t33?,34?,35?,36-,37-,38+,40-,43?,44?,45-,46+,47?/m0/s1. The SMILES string of the molecule is C=C(O)CC(C)(C)CC(=C)CC1CCC2(C)[C@H]3CCC4(N)[C@H]5[C@H](C(=C)C)CC[C@]5(CC(=O)NC5CCC(N)CC5)CC[C@@]4(C)C3(C)CC[C@H]2C1(C)C. The van der Waals surface area contributed by atoms with Gasteiger partial charge in [-0.1, -0.05) is 79.3 Å². The molecule has 0 spiro atoms. The summed E-state index contributed by atoms with van der Waals surface area (Å²) in [5.74, 6) is 3.17. The second kappa shape index (κ2) is 13.6. The molecule has 10 atom stereocenters. The number of hydrogen-bond donors (Lipinski definition) is 4. The van der Waals surface area contributed by atoms with Gasteiger partial charge in [-0.3, -0.25) is 4.79 Å². The van der Waals surface area contributed by atoms with E-state index < -0.39 is 0 Å². The molecule has 1 amide bonds. The predicted molar refractivity (Wildman–Crippen MR) is 217 cm³/mol. The third-order valence-electron chi connectivity index (χ3n) is 18.4. The van der Waals surface area contributed by atoms with Crippen molar-refractivity contribution in [2.75, 3.05) is 0 Å². The lowest BCUT2D eigenvalue weighted by Crippen LogP contribution is -2.76. The molecular formula is C47H79N3O2. The van der Waals surface area contributed by atoms with Gasteiger partial charge in [0, 0.05) is 30.5 Å². The van der Waals surface area contributed by atoms with Gasteiger partial charge < -0.3 is 21.9 Å². The Hall–Kier alpha value is -1.59. The molecule has 6 N–H and O–H groups in total. The first kappa shape index (κ1) is 40.1. The third kappa shape index (κ3) is 6.40. The summed E-state index contributed by atoms with van der Waals surface area (Å²) in [6.45, 7) is 32.8. The molecule has 0 aromatic heterocycles. The molecule has 0 aliphatic heterocycles. The minimum Gasteiger partial charge on any atom is -0.513 e. The van der Waals surface area contributed by atoms with E-state index in [0.717, 1.165) is 70.6 Å². The number of allylic oxidation sites excluding steroid dienone is 3. The molecule has 6 aliphatic rings. The fourth-order valence-electron chi connectivity index (χ4n) is 15.8. The minimum absolute atomic E-state index is 0.0106. The highest BCUT2D eigenvalue weighted by atomic mass is 16.3. The second-order valence-corrected chi connectivity index (χ2v) is 22.3. The molecule has 6 aliphatic carbocycles. The van der Waals surface area contributed by atoms with Gasteiger partial charge in [0.15, 0.2) is 0 Å². The summed E-state index contributed by atoms with van der Waals surface area (Å²) >= 11 is 0. The second-order valence-electron chi connectivity index (χ2n) is 22.3. The van der Waals surface area contributed by atoms with Gasteiger partial charge in [0.2, 0.25) is 5.91 Å². The molecule has 0 aromatic rings.